The molecule has 0 aliphatic carbocycles. The summed E-state index contributed by atoms with van der Waals surface area (Å²) < 4.78 is 0. The van der Waals surface area contributed by atoms with Gasteiger partial charge in [-0.3, -0.25) is 0 Å². The Morgan fingerprint density at radius 1 is 0.142 bits per heavy atom. The minimum absolute atomic E-state index is 0.621. The lowest BCUT2D eigenvalue weighted by Gasteiger charge is -2.19. The minimum atomic E-state index is 0.621. The first-order valence-electron chi connectivity index (χ1n) is 38.0. The fourth-order valence-corrected chi connectivity index (χ4v) is 14.4. The summed E-state index contributed by atoms with van der Waals surface area (Å²) in [7, 11) is 0. The molecule has 0 unspecified atom stereocenters. The average Bonchev–Trinajstić information content (AvgIpc) is 0.795. The van der Waals surface area contributed by atoms with Crippen molar-refractivity contribution in [3.63, 3.8) is 0 Å². The van der Waals surface area contributed by atoms with E-state index in [1.165, 1.54) is 39.0 Å². The van der Waals surface area contributed by atoms with Crippen LogP contribution in [0.1, 0.15) is 50.1 Å². The second kappa shape index (κ2) is 33.6. The van der Waals surface area contributed by atoms with Crippen LogP contribution in [-0.4, -0.2) is 34.9 Å². The van der Waals surface area contributed by atoms with Gasteiger partial charge in [0.25, 0.3) is 0 Å². The van der Waals surface area contributed by atoms with Gasteiger partial charge in [-0.05, 0) is 126 Å². The van der Waals surface area contributed by atoms with Crippen molar-refractivity contribution in [2.24, 2.45) is 0 Å². The Balaban J connectivity index is 0.000000164. The highest BCUT2D eigenvalue weighted by Gasteiger charge is 2.21. The summed E-state index contributed by atoms with van der Waals surface area (Å²) in [5, 5.41) is 0. The molecule has 3 heterocycles. The first kappa shape index (κ1) is 70.9. The van der Waals surface area contributed by atoms with E-state index in [1.54, 1.807) is 0 Å². The summed E-state index contributed by atoms with van der Waals surface area (Å²) in [6.45, 7) is 2.12. The molecule has 534 valence electrons. The van der Waals surface area contributed by atoms with Crippen LogP contribution >= 0.6 is 0 Å². The van der Waals surface area contributed by atoms with Crippen LogP contribution in [0.5, 0.6) is 0 Å². The topological polar surface area (TPSA) is 90.2 Å². The molecule has 0 saturated carbocycles. The van der Waals surface area contributed by atoms with Crippen LogP contribution in [0.15, 0.2) is 437 Å². The maximum atomic E-state index is 5.20. The van der Waals surface area contributed by atoms with E-state index < -0.39 is 0 Å². The van der Waals surface area contributed by atoms with Gasteiger partial charge in [0.15, 0.2) is 34.9 Å². The smallest absolute Gasteiger partial charge is 0.164 e. The van der Waals surface area contributed by atoms with Crippen LogP contribution in [0.25, 0.3) is 135 Å². The van der Waals surface area contributed by atoms with Gasteiger partial charge in [0.1, 0.15) is 0 Å². The second-order valence-electron chi connectivity index (χ2n) is 27.6. The van der Waals surface area contributed by atoms with Gasteiger partial charge in [-0.2, -0.15) is 0 Å². The zero-order valence-electron chi connectivity index (χ0n) is 62.2. The van der Waals surface area contributed by atoms with Crippen LogP contribution in [0, 0.1) is 6.92 Å². The monoisotopic (exact) mass is 1450 g/mol. The number of hydrogen-bond acceptors (Lipinski definition) is 7. The fourth-order valence-electron chi connectivity index (χ4n) is 14.4. The van der Waals surface area contributed by atoms with Crippen molar-refractivity contribution in [3.05, 3.63) is 487 Å². The normalized spacial score (nSPS) is 10.9. The van der Waals surface area contributed by atoms with Gasteiger partial charge in [0.05, 0.1) is 11.4 Å². The van der Waals surface area contributed by atoms with Crippen LogP contribution in [-0.2, 0) is 0 Å². The maximum absolute atomic E-state index is 5.20. The maximum Gasteiger partial charge on any atom is 0.164 e. The largest absolute Gasteiger partial charge is 0.248 e. The SMILES string of the molecule is Cc1cccc(-c2cccc(-c3nc(-c4ccccc4)nc(-c4ccc(-c5cccc(C(=C(c6ccccc6)c6ccccc6)c6ccccc6)c5)cc4)n3)c2)c1.c1ccc(C(=C(c2ccccc2)c2cccc(-c3cccc(-c4ccc(-c5nc(-c6ccccc6)nc(-c6ccccc6)n5)cc4)n3)c2)c2ccccc2)cc1. The number of benzene rings is 15. The minimum Gasteiger partial charge on any atom is -0.248 e. The van der Waals surface area contributed by atoms with Crippen molar-refractivity contribution in [1.29, 1.82) is 0 Å². The third-order valence-corrected chi connectivity index (χ3v) is 20.0. The van der Waals surface area contributed by atoms with Crippen molar-refractivity contribution in [1.82, 2.24) is 34.9 Å². The quantitative estimate of drug-likeness (QED) is 0.0791. The number of aromatic nitrogens is 7. The van der Waals surface area contributed by atoms with E-state index in [4.69, 9.17) is 34.9 Å². The van der Waals surface area contributed by atoms with Gasteiger partial charge in [-0.15, -0.1) is 0 Å². The molecule has 0 saturated heterocycles. The standard InChI is InChI=1S/C54H39N3.C52H36N4/c1-38-17-14-26-45(35-38)47-28-16-30-49(37-47)54-56-52(43-24-12-5-13-25-43)55-53(57-54)44-33-31-39(32-34-44)46-27-15-29-48(36-46)51(42-22-10-4-11-23-42)50(40-18-6-2-7-19-40)41-20-8-3-9-21-41;1-6-18-38(19-7-1)48(39-20-8-2-9-21-39)49(40-22-10-3-11-23-40)45-29-16-28-44(36-45)47-31-17-30-46(53-47)37-32-34-43(35-33-37)52-55-50(41-24-12-4-13-25-41)54-51(56-52)42-26-14-5-15-27-42/h2-37H,1H3;1-36H. The van der Waals surface area contributed by atoms with Crippen LogP contribution in [0.4, 0.5) is 0 Å². The number of rotatable bonds is 18. The van der Waals surface area contributed by atoms with Gasteiger partial charge < -0.3 is 0 Å². The Kier molecular flexibility index (Phi) is 21.1. The molecule has 7 heteroatoms. The summed E-state index contributed by atoms with van der Waals surface area (Å²) >= 11 is 0. The summed E-state index contributed by atoms with van der Waals surface area (Å²) in [4.78, 5) is 34.9. The van der Waals surface area contributed by atoms with Crippen molar-refractivity contribution in [2.45, 2.75) is 6.92 Å². The van der Waals surface area contributed by atoms with Crippen molar-refractivity contribution >= 4 is 22.3 Å². The molecule has 0 atom stereocenters. The molecular weight excluding hydrogens is 1370 g/mol. The molecule has 18 aromatic rings. The summed E-state index contributed by atoms with van der Waals surface area (Å²) in [6.07, 6.45) is 0. The molecule has 3 aromatic heterocycles. The second-order valence-corrected chi connectivity index (χ2v) is 27.6. The number of aryl methyl sites for hydroxylation is 1. The average molecular weight is 1450 g/mol. The lowest BCUT2D eigenvalue weighted by molar-refractivity contribution is 1.07. The Morgan fingerprint density at radius 2 is 0.363 bits per heavy atom. The van der Waals surface area contributed by atoms with Crippen LogP contribution in [0.2, 0.25) is 0 Å². The highest BCUT2D eigenvalue weighted by atomic mass is 15.0. The molecular formula is C106H75N7. The first-order valence-corrected chi connectivity index (χ1v) is 38.0. The fraction of sp³-hybridized carbons (Fsp3) is 0.00943. The highest BCUT2D eigenvalue weighted by Crippen LogP contribution is 2.42. The van der Waals surface area contributed by atoms with Gasteiger partial charge in [-0.1, -0.05) is 412 Å². The molecule has 0 aliphatic heterocycles. The molecule has 113 heavy (non-hydrogen) atoms. The van der Waals surface area contributed by atoms with E-state index in [0.29, 0.717) is 34.9 Å². The van der Waals surface area contributed by atoms with Crippen molar-refractivity contribution in [2.75, 3.05) is 0 Å². The molecule has 7 nitrogen and oxygen atoms in total. The van der Waals surface area contributed by atoms with Crippen molar-refractivity contribution < 1.29 is 0 Å². The third-order valence-electron chi connectivity index (χ3n) is 20.0. The molecule has 0 N–H and O–H groups in total. The van der Waals surface area contributed by atoms with Gasteiger partial charge in [0, 0.05) is 44.5 Å². The Labute approximate surface area is 659 Å². The third kappa shape index (κ3) is 16.4. The highest BCUT2D eigenvalue weighted by molar-refractivity contribution is 6.06. The number of hydrogen-bond donors (Lipinski definition) is 0. The summed E-state index contributed by atoms with van der Waals surface area (Å²) in [5.41, 5.74) is 29.2. The Hall–Kier alpha value is -15.1. The lowest BCUT2D eigenvalue weighted by Crippen LogP contribution is -2.00. The molecule has 0 amide bonds. The van der Waals surface area contributed by atoms with E-state index >= 15 is 0 Å². The van der Waals surface area contributed by atoms with E-state index in [1.807, 2.05) is 91.0 Å². The van der Waals surface area contributed by atoms with Crippen LogP contribution < -0.4 is 0 Å². The molecule has 0 spiro atoms. The van der Waals surface area contributed by atoms with E-state index in [0.717, 1.165) is 112 Å². The van der Waals surface area contributed by atoms with Gasteiger partial charge in [-0.25, -0.2) is 34.9 Å². The van der Waals surface area contributed by atoms with E-state index in [2.05, 4.69) is 353 Å². The predicted molar refractivity (Wildman–Crippen MR) is 465 cm³/mol. The molecule has 0 bridgehead atoms. The zero-order valence-corrected chi connectivity index (χ0v) is 62.2. The zero-order chi connectivity index (χ0) is 75.9. The Bertz CT molecular complexity index is 6200. The van der Waals surface area contributed by atoms with Crippen LogP contribution in [0.3, 0.4) is 0 Å². The lowest BCUT2D eigenvalue weighted by atomic mass is 9.85. The first-order chi connectivity index (χ1) is 55.9. The summed E-state index contributed by atoms with van der Waals surface area (Å²) in [5.74, 6) is 3.81. The number of pyridine rings is 1. The van der Waals surface area contributed by atoms with Crippen molar-refractivity contribution in [3.8, 4) is 113 Å². The molecule has 0 fully saturated rings. The molecule has 18 rings (SSSR count). The number of nitrogens with zero attached hydrogens (tertiary/aromatic N) is 7. The van der Waals surface area contributed by atoms with Gasteiger partial charge in [0.2, 0.25) is 0 Å². The molecule has 15 aromatic carbocycles. The Morgan fingerprint density at radius 3 is 0.726 bits per heavy atom. The predicted octanol–water partition coefficient (Wildman–Crippen LogP) is 26.1. The summed E-state index contributed by atoms with van der Waals surface area (Å²) in [6, 6.07) is 152. The van der Waals surface area contributed by atoms with Gasteiger partial charge >= 0.3 is 0 Å². The van der Waals surface area contributed by atoms with E-state index in [9.17, 15) is 0 Å². The molecule has 0 radical (unpaired) electrons. The van der Waals surface area contributed by atoms with E-state index in [-0.39, 0.29) is 0 Å². The molecule has 0 aliphatic rings.